The van der Waals surface area contributed by atoms with Crippen LogP contribution in [0.2, 0.25) is 0 Å². The Bertz CT molecular complexity index is 1370. The molecule has 0 aromatic heterocycles. The number of nitrogens with zero attached hydrogens (tertiary/aromatic N) is 1. The summed E-state index contributed by atoms with van der Waals surface area (Å²) in [6.45, 7) is 7.63. The highest BCUT2D eigenvalue weighted by Crippen LogP contribution is 2.40. The Hall–Kier alpha value is -3.59. The predicted molar refractivity (Wildman–Crippen MR) is 140 cm³/mol. The number of rotatable bonds is 8. The zero-order valence-corrected chi connectivity index (χ0v) is 22.1. The van der Waals surface area contributed by atoms with Crippen molar-refractivity contribution in [1.82, 2.24) is 5.32 Å². The van der Waals surface area contributed by atoms with Crippen LogP contribution in [0.25, 0.3) is 0 Å². The molecule has 0 saturated heterocycles. The number of carbonyl (C=O) groups is 1. The monoisotopic (exact) mass is 526 g/mol. The highest BCUT2D eigenvalue weighted by atomic mass is 32.2. The van der Waals surface area contributed by atoms with E-state index in [0.717, 1.165) is 27.6 Å². The first-order valence-corrected chi connectivity index (χ1v) is 13.5. The van der Waals surface area contributed by atoms with E-state index >= 15 is 0 Å². The second kappa shape index (κ2) is 10.4. The number of carbonyl (C=O) groups excluding carboxylic acids is 1. The van der Waals surface area contributed by atoms with Gasteiger partial charge < -0.3 is 14.8 Å². The fourth-order valence-corrected chi connectivity index (χ4v) is 5.82. The van der Waals surface area contributed by atoms with Gasteiger partial charge in [0.05, 0.1) is 23.2 Å². The van der Waals surface area contributed by atoms with E-state index in [1.54, 1.807) is 12.1 Å². The summed E-state index contributed by atoms with van der Waals surface area (Å²) >= 11 is 0. The molecule has 0 spiro atoms. The van der Waals surface area contributed by atoms with Crippen LogP contribution in [0.5, 0.6) is 11.5 Å². The molecule has 1 amide bonds. The summed E-state index contributed by atoms with van der Waals surface area (Å²) < 4.78 is 53.4. The maximum absolute atomic E-state index is 13.7. The van der Waals surface area contributed by atoms with Gasteiger partial charge >= 0.3 is 0 Å². The van der Waals surface area contributed by atoms with Crippen LogP contribution >= 0.6 is 0 Å². The number of halogens is 1. The molecule has 37 heavy (non-hydrogen) atoms. The average molecular weight is 527 g/mol. The van der Waals surface area contributed by atoms with E-state index < -0.39 is 33.9 Å². The van der Waals surface area contributed by atoms with E-state index in [1.807, 2.05) is 45.9 Å². The minimum atomic E-state index is -4.15. The predicted octanol–water partition coefficient (Wildman–Crippen LogP) is 5.15. The molecule has 3 aromatic rings. The third-order valence-corrected chi connectivity index (χ3v) is 7.87. The van der Waals surface area contributed by atoms with E-state index in [9.17, 15) is 17.6 Å². The summed E-state index contributed by atoms with van der Waals surface area (Å²) in [4.78, 5) is 13.3. The van der Waals surface area contributed by atoms with Gasteiger partial charge in [-0.15, -0.1) is 0 Å². The summed E-state index contributed by atoms with van der Waals surface area (Å²) in [5.41, 5.74) is 1.52. The zero-order valence-electron chi connectivity index (χ0n) is 21.3. The van der Waals surface area contributed by atoms with Crippen molar-refractivity contribution in [3.63, 3.8) is 0 Å². The van der Waals surface area contributed by atoms with Crippen molar-refractivity contribution < 1.29 is 27.1 Å². The number of ether oxygens (including phenoxy) is 2. The molecule has 1 aliphatic rings. The van der Waals surface area contributed by atoms with Crippen LogP contribution in [0, 0.1) is 12.7 Å². The molecule has 1 atom stereocenters. The molecule has 1 heterocycles. The Morgan fingerprint density at radius 3 is 2.43 bits per heavy atom. The van der Waals surface area contributed by atoms with Gasteiger partial charge in [0.1, 0.15) is 29.5 Å². The second-order valence-corrected chi connectivity index (χ2v) is 11.5. The number of fused-ring (bicyclic) bond motifs is 1. The molecule has 3 aromatic carbocycles. The standard InChI is InChI=1S/C28H31FN2O5S/c1-5-35-22-11-13-23(14-12-22)37(33,34)31(21-9-7-20(29)8-10-21)18-27(32)30-25-17-28(3,4)36-26-15-6-19(2)16-24(25)26/h6-16,25H,5,17-18H2,1-4H3,(H,30,32). The van der Waals surface area contributed by atoms with Gasteiger partial charge in [0.2, 0.25) is 5.91 Å². The van der Waals surface area contributed by atoms with Gasteiger partial charge in [-0.25, -0.2) is 12.8 Å². The van der Waals surface area contributed by atoms with E-state index in [0.29, 0.717) is 24.5 Å². The number of amides is 1. The molecule has 0 fully saturated rings. The Balaban J connectivity index is 1.64. The number of hydrogen-bond acceptors (Lipinski definition) is 5. The summed E-state index contributed by atoms with van der Waals surface area (Å²) in [7, 11) is -4.15. The number of hydrogen-bond donors (Lipinski definition) is 1. The molecule has 9 heteroatoms. The first-order valence-electron chi connectivity index (χ1n) is 12.1. The molecule has 7 nitrogen and oxygen atoms in total. The normalized spacial score (nSPS) is 16.3. The summed E-state index contributed by atoms with van der Waals surface area (Å²) in [6, 6.07) is 16.4. The number of aryl methyl sites for hydroxylation is 1. The van der Waals surface area contributed by atoms with Crippen molar-refractivity contribution in [1.29, 1.82) is 0 Å². The van der Waals surface area contributed by atoms with Crippen molar-refractivity contribution in [2.45, 2.75) is 50.7 Å². The molecular weight excluding hydrogens is 495 g/mol. The molecule has 0 bridgehead atoms. The van der Waals surface area contributed by atoms with Gasteiger partial charge in [0, 0.05) is 12.0 Å². The summed E-state index contributed by atoms with van der Waals surface area (Å²) in [5.74, 6) is 0.213. The summed E-state index contributed by atoms with van der Waals surface area (Å²) in [6.07, 6.45) is 0.511. The van der Waals surface area contributed by atoms with Crippen LogP contribution in [0.15, 0.2) is 71.6 Å². The number of benzene rings is 3. The fraction of sp³-hybridized carbons (Fsp3) is 0.321. The van der Waals surface area contributed by atoms with Crippen LogP contribution in [0.3, 0.4) is 0 Å². The quantitative estimate of drug-likeness (QED) is 0.439. The van der Waals surface area contributed by atoms with Gasteiger partial charge in [-0.1, -0.05) is 17.7 Å². The van der Waals surface area contributed by atoms with Crippen LogP contribution < -0.4 is 19.1 Å². The van der Waals surface area contributed by atoms with E-state index in [-0.39, 0.29) is 16.6 Å². The molecule has 196 valence electrons. The van der Waals surface area contributed by atoms with E-state index in [1.165, 1.54) is 24.3 Å². The van der Waals surface area contributed by atoms with Crippen molar-refractivity contribution >= 4 is 21.6 Å². The molecule has 1 aliphatic heterocycles. The topological polar surface area (TPSA) is 84.9 Å². The molecular formula is C28H31FN2O5S. The second-order valence-electron chi connectivity index (χ2n) is 9.62. The average Bonchev–Trinajstić information content (AvgIpc) is 2.84. The zero-order chi connectivity index (χ0) is 26.8. The minimum Gasteiger partial charge on any atom is -0.494 e. The lowest BCUT2D eigenvalue weighted by molar-refractivity contribution is -0.120. The SMILES string of the molecule is CCOc1ccc(S(=O)(=O)N(CC(=O)NC2CC(C)(C)Oc3ccc(C)cc32)c2ccc(F)cc2)cc1. The van der Waals surface area contributed by atoms with Gasteiger partial charge in [-0.3, -0.25) is 9.10 Å². The van der Waals surface area contributed by atoms with Crippen LogP contribution in [0.1, 0.15) is 44.4 Å². The van der Waals surface area contributed by atoms with Gasteiger partial charge in [-0.2, -0.15) is 0 Å². The van der Waals surface area contributed by atoms with Crippen molar-refractivity contribution in [2.24, 2.45) is 0 Å². The maximum atomic E-state index is 13.7. The minimum absolute atomic E-state index is 0.0127. The first kappa shape index (κ1) is 26.5. The van der Waals surface area contributed by atoms with E-state index in [4.69, 9.17) is 9.47 Å². The van der Waals surface area contributed by atoms with Crippen molar-refractivity contribution in [3.05, 3.63) is 83.7 Å². The van der Waals surface area contributed by atoms with E-state index in [2.05, 4.69) is 5.32 Å². The first-order chi connectivity index (χ1) is 17.5. The highest BCUT2D eigenvalue weighted by Gasteiger charge is 2.35. The Kier molecular flexibility index (Phi) is 7.45. The molecule has 0 radical (unpaired) electrons. The van der Waals surface area contributed by atoms with Crippen LogP contribution in [0.4, 0.5) is 10.1 Å². The van der Waals surface area contributed by atoms with Gasteiger partial charge in [0.15, 0.2) is 0 Å². The molecule has 0 aliphatic carbocycles. The molecule has 1 N–H and O–H groups in total. The lowest BCUT2D eigenvalue weighted by Crippen LogP contribution is -2.45. The lowest BCUT2D eigenvalue weighted by Gasteiger charge is -2.38. The Morgan fingerprint density at radius 1 is 1.11 bits per heavy atom. The lowest BCUT2D eigenvalue weighted by atomic mass is 9.89. The fourth-order valence-electron chi connectivity index (χ4n) is 4.40. The number of sulfonamides is 1. The molecule has 4 rings (SSSR count). The van der Waals surface area contributed by atoms with Crippen LogP contribution in [-0.4, -0.2) is 33.1 Å². The molecule has 0 saturated carbocycles. The van der Waals surface area contributed by atoms with Gasteiger partial charge in [0.25, 0.3) is 10.0 Å². The van der Waals surface area contributed by atoms with Crippen LogP contribution in [-0.2, 0) is 14.8 Å². The summed E-state index contributed by atoms with van der Waals surface area (Å²) in [5, 5.41) is 3.00. The number of anilines is 1. The Labute approximate surface area is 217 Å². The third kappa shape index (κ3) is 6.05. The third-order valence-electron chi connectivity index (χ3n) is 6.08. The largest absolute Gasteiger partial charge is 0.494 e. The van der Waals surface area contributed by atoms with Gasteiger partial charge in [-0.05, 0) is 82.3 Å². The Morgan fingerprint density at radius 2 is 1.78 bits per heavy atom. The molecule has 1 unspecified atom stereocenters. The smallest absolute Gasteiger partial charge is 0.264 e. The van der Waals surface area contributed by atoms with Crippen molar-refractivity contribution in [3.8, 4) is 11.5 Å². The number of nitrogens with one attached hydrogen (secondary N) is 1. The van der Waals surface area contributed by atoms with Crippen molar-refractivity contribution in [2.75, 3.05) is 17.5 Å². The maximum Gasteiger partial charge on any atom is 0.264 e. The highest BCUT2D eigenvalue weighted by molar-refractivity contribution is 7.92.